The van der Waals surface area contributed by atoms with E-state index in [0.29, 0.717) is 22.0 Å². The molecule has 1 aliphatic heterocycles. The number of anilines is 1. The van der Waals surface area contributed by atoms with Crippen LogP contribution in [-0.2, 0) is 0 Å². The van der Waals surface area contributed by atoms with Crippen molar-refractivity contribution >= 4 is 34.5 Å². The Morgan fingerprint density at radius 1 is 1.50 bits per heavy atom. The van der Waals surface area contributed by atoms with Gasteiger partial charge in [-0.3, -0.25) is 0 Å². The highest BCUT2D eigenvalue weighted by molar-refractivity contribution is 7.80. The second kappa shape index (κ2) is 5.45. The Bertz CT molecular complexity index is 459. The lowest BCUT2D eigenvalue weighted by molar-refractivity contribution is 0.492. The molecule has 1 atom stereocenters. The van der Waals surface area contributed by atoms with E-state index in [1.807, 2.05) is 12.1 Å². The minimum absolute atomic E-state index is 0.355. The van der Waals surface area contributed by atoms with Crippen LogP contribution in [0, 0.1) is 5.92 Å². The van der Waals surface area contributed by atoms with E-state index in [0.717, 1.165) is 12.1 Å². The molecule has 0 aromatic heterocycles. The van der Waals surface area contributed by atoms with Gasteiger partial charge in [-0.25, -0.2) is 0 Å². The van der Waals surface area contributed by atoms with Gasteiger partial charge in [0.1, 0.15) is 4.99 Å². The van der Waals surface area contributed by atoms with E-state index in [4.69, 9.17) is 29.6 Å². The lowest BCUT2D eigenvalue weighted by Crippen LogP contribution is -2.33. The van der Waals surface area contributed by atoms with Crippen LogP contribution < -0.4 is 10.6 Å². The van der Waals surface area contributed by atoms with Gasteiger partial charge in [0.25, 0.3) is 0 Å². The van der Waals surface area contributed by atoms with E-state index in [1.165, 1.54) is 18.5 Å². The van der Waals surface area contributed by atoms with E-state index in [9.17, 15) is 0 Å². The molecule has 1 unspecified atom stereocenters. The maximum atomic E-state index is 6.24. The number of nitrogens with zero attached hydrogens (tertiary/aromatic N) is 1. The smallest absolute Gasteiger partial charge is 0.105 e. The maximum Gasteiger partial charge on any atom is 0.105 e. The molecule has 1 saturated heterocycles. The van der Waals surface area contributed by atoms with Crippen molar-refractivity contribution in [1.29, 1.82) is 0 Å². The van der Waals surface area contributed by atoms with Crippen LogP contribution in [0.5, 0.6) is 0 Å². The Hall–Kier alpha value is -0.800. The Morgan fingerprint density at radius 3 is 2.78 bits per heavy atom. The van der Waals surface area contributed by atoms with Crippen molar-refractivity contribution in [1.82, 2.24) is 0 Å². The van der Waals surface area contributed by atoms with Crippen molar-refractivity contribution in [3.8, 4) is 0 Å². The predicted octanol–water partition coefficient (Wildman–Crippen LogP) is 3.60. The number of rotatable bonds is 3. The third-order valence-electron chi connectivity index (χ3n) is 3.62. The number of halogens is 1. The molecule has 2 nitrogen and oxygen atoms in total. The quantitative estimate of drug-likeness (QED) is 0.859. The average molecular weight is 283 g/mol. The average Bonchev–Trinajstić information content (AvgIpc) is 2.77. The first-order valence-electron chi connectivity index (χ1n) is 6.36. The van der Waals surface area contributed by atoms with Gasteiger partial charge >= 0.3 is 0 Å². The molecule has 1 aromatic carbocycles. The summed E-state index contributed by atoms with van der Waals surface area (Å²) in [5, 5.41) is 0.648. The summed E-state index contributed by atoms with van der Waals surface area (Å²) >= 11 is 11.2. The van der Waals surface area contributed by atoms with Crippen LogP contribution in [0.2, 0.25) is 5.02 Å². The topological polar surface area (TPSA) is 29.3 Å². The summed E-state index contributed by atoms with van der Waals surface area (Å²) in [6.07, 6.45) is 2.50. The molecule has 98 valence electrons. The van der Waals surface area contributed by atoms with E-state index in [2.05, 4.69) is 24.8 Å². The molecule has 0 amide bonds. The van der Waals surface area contributed by atoms with E-state index in [1.54, 1.807) is 0 Å². The van der Waals surface area contributed by atoms with Gasteiger partial charge in [-0.15, -0.1) is 0 Å². The molecule has 0 spiro atoms. The lowest BCUT2D eigenvalue weighted by atomic mass is 10.0. The standard InChI is InChI=1S/C14H19ClN2S/c1-9(2)13-4-3-7-17(13)10-5-6-11(14(16)18)12(15)8-10/h5-6,8-9,13H,3-4,7H2,1-2H3,(H2,16,18). The van der Waals surface area contributed by atoms with Crippen LogP contribution in [0.25, 0.3) is 0 Å². The monoisotopic (exact) mass is 282 g/mol. The molecule has 1 fully saturated rings. The van der Waals surface area contributed by atoms with Gasteiger partial charge in [0.05, 0.1) is 5.02 Å². The van der Waals surface area contributed by atoms with Gasteiger partial charge in [0.2, 0.25) is 0 Å². The minimum Gasteiger partial charge on any atom is -0.389 e. The van der Waals surface area contributed by atoms with Gasteiger partial charge in [0.15, 0.2) is 0 Å². The summed E-state index contributed by atoms with van der Waals surface area (Å²) < 4.78 is 0. The molecule has 18 heavy (non-hydrogen) atoms. The molecule has 1 heterocycles. The molecule has 1 aromatic rings. The molecule has 4 heteroatoms. The number of nitrogens with two attached hydrogens (primary N) is 1. The molecule has 0 radical (unpaired) electrons. The molecule has 2 N–H and O–H groups in total. The summed E-state index contributed by atoms with van der Waals surface area (Å²) in [5.74, 6) is 0.654. The van der Waals surface area contributed by atoms with Gasteiger partial charge in [-0.1, -0.05) is 37.7 Å². The first kappa shape index (κ1) is 13.6. The molecular formula is C14H19ClN2S. The molecule has 2 rings (SSSR count). The Labute approximate surface area is 119 Å². The predicted molar refractivity (Wildman–Crippen MR) is 82.5 cm³/mol. The minimum atomic E-state index is 0.355. The number of hydrogen-bond acceptors (Lipinski definition) is 2. The Kier molecular flexibility index (Phi) is 4.13. The van der Waals surface area contributed by atoms with Crippen molar-refractivity contribution in [3.63, 3.8) is 0 Å². The van der Waals surface area contributed by atoms with Crippen molar-refractivity contribution in [2.75, 3.05) is 11.4 Å². The van der Waals surface area contributed by atoms with Crippen LogP contribution in [0.4, 0.5) is 5.69 Å². The van der Waals surface area contributed by atoms with Crippen molar-refractivity contribution < 1.29 is 0 Å². The van der Waals surface area contributed by atoms with Gasteiger partial charge in [-0.2, -0.15) is 0 Å². The maximum absolute atomic E-state index is 6.24. The van der Waals surface area contributed by atoms with Crippen molar-refractivity contribution in [3.05, 3.63) is 28.8 Å². The van der Waals surface area contributed by atoms with Crippen LogP contribution in [0.1, 0.15) is 32.3 Å². The lowest BCUT2D eigenvalue weighted by Gasteiger charge is -2.30. The SMILES string of the molecule is CC(C)C1CCCN1c1ccc(C(N)=S)c(Cl)c1. The fraction of sp³-hybridized carbons (Fsp3) is 0.500. The van der Waals surface area contributed by atoms with Crippen LogP contribution >= 0.6 is 23.8 Å². The van der Waals surface area contributed by atoms with Gasteiger partial charge in [-0.05, 0) is 37.0 Å². The van der Waals surface area contributed by atoms with Crippen molar-refractivity contribution in [2.24, 2.45) is 11.7 Å². The third kappa shape index (κ3) is 2.62. The zero-order valence-corrected chi connectivity index (χ0v) is 12.4. The summed E-state index contributed by atoms with van der Waals surface area (Å²) in [7, 11) is 0. The van der Waals surface area contributed by atoms with Crippen LogP contribution in [0.15, 0.2) is 18.2 Å². The molecule has 1 aliphatic rings. The van der Waals surface area contributed by atoms with Crippen molar-refractivity contribution in [2.45, 2.75) is 32.7 Å². The first-order valence-corrected chi connectivity index (χ1v) is 7.15. The van der Waals surface area contributed by atoms with E-state index >= 15 is 0 Å². The summed E-state index contributed by atoms with van der Waals surface area (Å²) in [4.78, 5) is 2.80. The zero-order valence-electron chi connectivity index (χ0n) is 10.8. The molecule has 0 aliphatic carbocycles. The highest BCUT2D eigenvalue weighted by Crippen LogP contribution is 2.32. The molecule has 0 saturated carbocycles. The zero-order chi connectivity index (χ0) is 13.3. The first-order chi connectivity index (χ1) is 8.50. The van der Waals surface area contributed by atoms with Crippen LogP contribution in [0.3, 0.4) is 0 Å². The summed E-state index contributed by atoms with van der Waals surface area (Å²) in [6.45, 7) is 5.65. The highest BCUT2D eigenvalue weighted by atomic mass is 35.5. The normalized spacial score (nSPS) is 19.6. The number of benzene rings is 1. The van der Waals surface area contributed by atoms with Gasteiger partial charge in [0, 0.05) is 23.8 Å². The fourth-order valence-electron chi connectivity index (χ4n) is 2.69. The third-order valence-corrected chi connectivity index (χ3v) is 4.15. The fourth-order valence-corrected chi connectivity index (χ4v) is 3.20. The Morgan fingerprint density at radius 2 is 2.22 bits per heavy atom. The van der Waals surface area contributed by atoms with Gasteiger partial charge < -0.3 is 10.6 Å². The molecular weight excluding hydrogens is 264 g/mol. The second-order valence-electron chi connectivity index (χ2n) is 5.18. The largest absolute Gasteiger partial charge is 0.389 e. The van der Waals surface area contributed by atoms with Crippen LogP contribution in [-0.4, -0.2) is 17.6 Å². The highest BCUT2D eigenvalue weighted by Gasteiger charge is 2.27. The van der Waals surface area contributed by atoms with E-state index in [-0.39, 0.29) is 0 Å². The second-order valence-corrected chi connectivity index (χ2v) is 6.02. The van der Waals surface area contributed by atoms with E-state index < -0.39 is 0 Å². The summed E-state index contributed by atoms with van der Waals surface area (Å²) in [6, 6.07) is 6.59. The number of thiocarbonyl (C=S) groups is 1. The number of hydrogen-bond donors (Lipinski definition) is 1. The Balaban J connectivity index is 2.29. The summed E-state index contributed by atoms with van der Waals surface area (Å²) in [5.41, 5.74) is 7.56. The molecule has 0 bridgehead atoms.